The third kappa shape index (κ3) is 5.10. The maximum atomic E-state index is 12.4. The predicted octanol–water partition coefficient (Wildman–Crippen LogP) is 4.49. The molecule has 1 amide bonds. The van der Waals surface area contributed by atoms with E-state index in [1.165, 1.54) is 0 Å². The largest absolute Gasteiger partial charge is 0.480 e. The number of amides is 1. The quantitative estimate of drug-likeness (QED) is 0.558. The summed E-state index contributed by atoms with van der Waals surface area (Å²) in [5.74, 6) is -2.15. The van der Waals surface area contributed by atoms with Crippen LogP contribution in [0.15, 0.2) is 48.5 Å². The van der Waals surface area contributed by atoms with Crippen LogP contribution in [0.25, 0.3) is 11.1 Å². The second-order valence-electron chi connectivity index (χ2n) is 8.20. The molecule has 0 aliphatic heterocycles. The highest BCUT2D eigenvalue weighted by Crippen LogP contribution is 2.44. The van der Waals surface area contributed by atoms with Crippen LogP contribution in [-0.4, -0.2) is 41.4 Å². The van der Waals surface area contributed by atoms with E-state index in [-0.39, 0.29) is 12.5 Å². The minimum atomic E-state index is -1.43. The maximum absolute atomic E-state index is 12.4. The molecule has 1 aliphatic carbocycles. The molecule has 0 bridgehead atoms. The molecule has 0 spiro atoms. The summed E-state index contributed by atoms with van der Waals surface area (Å²) in [5, 5.41) is 11.7. The molecule has 170 valence electrons. The van der Waals surface area contributed by atoms with Crippen LogP contribution in [0.3, 0.4) is 0 Å². The fraction of sp³-hybridized carbons (Fsp3) is 0.400. The van der Waals surface area contributed by atoms with Crippen molar-refractivity contribution in [2.45, 2.75) is 57.6 Å². The van der Waals surface area contributed by atoms with Gasteiger partial charge in [0.1, 0.15) is 18.2 Å². The van der Waals surface area contributed by atoms with E-state index in [2.05, 4.69) is 5.32 Å². The first kappa shape index (κ1) is 23.3. The first-order valence-corrected chi connectivity index (χ1v) is 10.8. The third-order valence-corrected chi connectivity index (χ3v) is 6.16. The summed E-state index contributed by atoms with van der Waals surface area (Å²) >= 11 is 0. The fourth-order valence-electron chi connectivity index (χ4n) is 3.86. The van der Waals surface area contributed by atoms with E-state index in [9.17, 15) is 19.5 Å². The van der Waals surface area contributed by atoms with Gasteiger partial charge in [0, 0.05) is 5.92 Å². The summed E-state index contributed by atoms with van der Waals surface area (Å²) in [6, 6.07) is 14.4. The van der Waals surface area contributed by atoms with Crippen LogP contribution in [0, 0.1) is 0 Å². The highest BCUT2D eigenvalue weighted by atomic mass is 16.6. The van der Waals surface area contributed by atoms with Crippen molar-refractivity contribution in [1.29, 1.82) is 0 Å². The Morgan fingerprint density at radius 3 is 2.03 bits per heavy atom. The smallest absolute Gasteiger partial charge is 0.407 e. The van der Waals surface area contributed by atoms with Crippen LogP contribution in [0.1, 0.15) is 57.1 Å². The van der Waals surface area contributed by atoms with E-state index in [4.69, 9.17) is 9.47 Å². The Hall–Kier alpha value is -3.35. The molecule has 7 nitrogen and oxygen atoms in total. The first-order valence-electron chi connectivity index (χ1n) is 10.8. The van der Waals surface area contributed by atoms with Gasteiger partial charge in [-0.1, -0.05) is 62.4 Å². The predicted molar refractivity (Wildman–Crippen MR) is 119 cm³/mol. The lowest BCUT2D eigenvalue weighted by Gasteiger charge is -2.27. The summed E-state index contributed by atoms with van der Waals surface area (Å²) in [7, 11) is 0. The molecule has 1 unspecified atom stereocenters. The zero-order valence-corrected chi connectivity index (χ0v) is 18.6. The molecule has 0 radical (unpaired) electrons. The molecular weight excluding hydrogens is 410 g/mol. The second kappa shape index (κ2) is 9.85. The van der Waals surface area contributed by atoms with Crippen LogP contribution in [-0.2, 0) is 19.1 Å². The minimum absolute atomic E-state index is 0.0559. The molecule has 0 aromatic heterocycles. The Morgan fingerprint density at radius 1 is 1.00 bits per heavy atom. The van der Waals surface area contributed by atoms with Crippen LogP contribution < -0.4 is 5.32 Å². The molecule has 0 saturated carbocycles. The Balaban J connectivity index is 1.62. The summed E-state index contributed by atoms with van der Waals surface area (Å²) in [5.41, 5.74) is 3.64. The van der Waals surface area contributed by atoms with Crippen molar-refractivity contribution in [3.05, 3.63) is 59.7 Å². The highest BCUT2D eigenvalue weighted by molar-refractivity contribution is 5.85. The Labute approximate surface area is 187 Å². The van der Waals surface area contributed by atoms with E-state index >= 15 is 0 Å². The van der Waals surface area contributed by atoms with Crippen LogP contribution >= 0.6 is 0 Å². The van der Waals surface area contributed by atoms with Crippen molar-refractivity contribution < 1.29 is 29.0 Å². The van der Waals surface area contributed by atoms with Crippen molar-refractivity contribution >= 4 is 18.0 Å². The number of esters is 1. The number of carboxylic acids is 1. The van der Waals surface area contributed by atoms with E-state index in [0.717, 1.165) is 22.3 Å². The van der Waals surface area contributed by atoms with Crippen molar-refractivity contribution in [1.82, 2.24) is 5.32 Å². The van der Waals surface area contributed by atoms with Gasteiger partial charge in [0.15, 0.2) is 0 Å². The van der Waals surface area contributed by atoms with E-state index < -0.39 is 36.1 Å². The SMILES string of the molecule is CCC(C)(CC)OC(=O)CC(NC(=O)OCC1c2ccccc2-c2ccccc21)C(=O)O. The van der Waals surface area contributed by atoms with E-state index in [0.29, 0.717) is 12.8 Å². The molecule has 2 N–H and O–H groups in total. The summed E-state index contributed by atoms with van der Waals surface area (Å²) in [6.07, 6.45) is -0.157. The molecule has 1 atom stereocenters. The van der Waals surface area contributed by atoms with Gasteiger partial charge in [0.2, 0.25) is 0 Å². The van der Waals surface area contributed by atoms with Crippen molar-refractivity contribution in [3.8, 4) is 11.1 Å². The molecule has 0 heterocycles. The highest BCUT2D eigenvalue weighted by Gasteiger charge is 2.32. The Kier molecular flexibility index (Phi) is 7.18. The zero-order chi connectivity index (χ0) is 23.3. The third-order valence-electron chi connectivity index (χ3n) is 6.16. The number of carboxylic acid groups (broad SMARTS) is 1. The number of ether oxygens (including phenoxy) is 2. The average molecular weight is 440 g/mol. The number of aliphatic carboxylic acids is 1. The lowest BCUT2D eigenvalue weighted by molar-refractivity contribution is -0.161. The maximum Gasteiger partial charge on any atom is 0.407 e. The number of benzene rings is 2. The standard InChI is InChI=1S/C25H29NO6/c1-4-25(3,5-2)32-22(27)14-21(23(28)29)26-24(30)31-15-20-18-12-8-6-10-16(18)17-11-7-9-13-19(17)20/h6-13,20-21H,4-5,14-15H2,1-3H3,(H,26,30)(H,28,29). The van der Waals surface area contributed by atoms with Crippen molar-refractivity contribution in [3.63, 3.8) is 0 Å². The average Bonchev–Trinajstić information content (AvgIpc) is 3.10. The molecule has 32 heavy (non-hydrogen) atoms. The number of carbonyl (C=O) groups excluding carboxylic acids is 2. The summed E-state index contributed by atoms with van der Waals surface area (Å²) in [6.45, 7) is 5.63. The van der Waals surface area contributed by atoms with Gasteiger partial charge < -0.3 is 19.9 Å². The summed E-state index contributed by atoms with van der Waals surface area (Å²) < 4.78 is 10.8. The van der Waals surface area contributed by atoms with Crippen molar-refractivity contribution in [2.24, 2.45) is 0 Å². The Morgan fingerprint density at radius 2 is 1.53 bits per heavy atom. The lowest BCUT2D eigenvalue weighted by Crippen LogP contribution is -2.44. The minimum Gasteiger partial charge on any atom is -0.480 e. The van der Waals surface area contributed by atoms with Gasteiger partial charge in [-0.15, -0.1) is 0 Å². The van der Waals surface area contributed by atoms with Crippen LogP contribution in [0.5, 0.6) is 0 Å². The van der Waals surface area contributed by atoms with Gasteiger partial charge >= 0.3 is 18.0 Å². The van der Waals surface area contributed by atoms with Crippen molar-refractivity contribution in [2.75, 3.05) is 6.61 Å². The molecular formula is C25H29NO6. The summed E-state index contributed by atoms with van der Waals surface area (Å²) in [4.78, 5) is 36.2. The Bertz CT molecular complexity index is 952. The molecule has 0 fully saturated rings. The molecule has 2 aromatic carbocycles. The number of alkyl carbamates (subject to hydrolysis) is 1. The lowest BCUT2D eigenvalue weighted by atomic mass is 9.98. The van der Waals surface area contributed by atoms with E-state index in [1.807, 2.05) is 62.4 Å². The number of hydrogen-bond donors (Lipinski definition) is 2. The van der Waals surface area contributed by atoms with Gasteiger partial charge in [-0.25, -0.2) is 9.59 Å². The van der Waals surface area contributed by atoms with Gasteiger partial charge in [-0.2, -0.15) is 0 Å². The van der Waals surface area contributed by atoms with Gasteiger partial charge in [-0.3, -0.25) is 4.79 Å². The van der Waals surface area contributed by atoms with E-state index in [1.54, 1.807) is 6.92 Å². The van der Waals surface area contributed by atoms with Crippen LogP contribution in [0.2, 0.25) is 0 Å². The normalized spacial score (nSPS) is 13.6. The number of nitrogens with one attached hydrogen (secondary N) is 1. The zero-order valence-electron chi connectivity index (χ0n) is 18.6. The molecule has 7 heteroatoms. The first-order chi connectivity index (χ1) is 15.3. The fourth-order valence-corrected chi connectivity index (χ4v) is 3.86. The monoisotopic (exact) mass is 439 g/mol. The van der Waals surface area contributed by atoms with Gasteiger partial charge in [-0.05, 0) is 42.0 Å². The molecule has 2 aromatic rings. The molecule has 1 aliphatic rings. The second-order valence-corrected chi connectivity index (χ2v) is 8.20. The number of carbonyl (C=O) groups is 3. The topological polar surface area (TPSA) is 102 Å². The van der Waals surface area contributed by atoms with Crippen LogP contribution in [0.4, 0.5) is 4.79 Å². The molecule has 3 rings (SSSR count). The van der Waals surface area contributed by atoms with Gasteiger partial charge in [0.25, 0.3) is 0 Å². The van der Waals surface area contributed by atoms with Gasteiger partial charge in [0.05, 0.1) is 6.42 Å². The number of rotatable bonds is 9. The number of hydrogen-bond acceptors (Lipinski definition) is 5. The number of fused-ring (bicyclic) bond motifs is 3. The molecule has 0 saturated heterocycles.